The Labute approximate surface area is 185 Å². The van der Waals surface area contributed by atoms with Crippen molar-refractivity contribution in [2.75, 3.05) is 0 Å². The summed E-state index contributed by atoms with van der Waals surface area (Å²) < 4.78 is 9.51. The van der Waals surface area contributed by atoms with E-state index in [-0.39, 0.29) is 11.4 Å². The molecule has 0 atom stereocenters. The normalized spacial score (nSPS) is 10.2. The van der Waals surface area contributed by atoms with Crippen molar-refractivity contribution in [3.05, 3.63) is 43.3 Å². The zero-order chi connectivity index (χ0) is 19.6. The predicted molar refractivity (Wildman–Crippen MR) is 117 cm³/mol. The van der Waals surface area contributed by atoms with Gasteiger partial charge in [0.15, 0.2) is 0 Å². The Kier molecular flexibility index (Phi) is 12.9. The van der Waals surface area contributed by atoms with E-state index in [1.54, 1.807) is 6.92 Å². The standard InChI is InChI=1S/C6H6Br2N2.C6H8N2O2.Br3OP/c1-2-4-5(7)9-3-10-6(4)8;1-2-4-5(9)7-3-8-6(4)10;1-5(2,3)4/h3H,2H2,1H3;3H,2H2,1H3,(H2,7,8,9,10);. The molecule has 0 aromatic carbocycles. The highest BCUT2D eigenvalue weighted by molar-refractivity contribution is 9.94. The van der Waals surface area contributed by atoms with Crippen molar-refractivity contribution in [2.45, 2.75) is 26.7 Å². The zero-order valence-electron chi connectivity index (χ0n) is 13.0. The second-order valence-corrected chi connectivity index (χ2v) is 23.9. The van der Waals surface area contributed by atoms with Gasteiger partial charge in [0.1, 0.15) is 15.5 Å². The maximum Gasteiger partial charge on any atom is 0.268 e. The van der Waals surface area contributed by atoms with E-state index in [0.717, 1.165) is 21.2 Å². The minimum atomic E-state index is -2.20. The summed E-state index contributed by atoms with van der Waals surface area (Å²) in [7, 11) is 0. The lowest BCUT2D eigenvalue weighted by Crippen LogP contribution is -2.11. The van der Waals surface area contributed by atoms with Crippen LogP contribution >= 0.6 is 81.6 Å². The largest absolute Gasteiger partial charge is 0.493 e. The van der Waals surface area contributed by atoms with Crippen molar-refractivity contribution >= 4 is 81.6 Å². The van der Waals surface area contributed by atoms with Gasteiger partial charge in [-0.3, -0.25) is 9.36 Å². The highest BCUT2D eigenvalue weighted by atomic mass is 80.0. The monoisotopic (exact) mass is 688 g/mol. The molecule has 0 saturated carbocycles. The molecule has 2 aromatic rings. The lowest BCUT2D eigenvalue weighted by atomic mass is 10.2. The molecule has 7 nitrogen and oxygen atoms in total. The number of nitrogens with one attached hydrogen (secondary N) is 1. The third-order valence-electron chi connectivity index (χ3n) is 2.47. The summed E-state index contributed by atoms with van der Waals surface area (Å²) in [6.07, 6.45) is 4.13. The van der Waals surface area contributed by atoms with Crippen molar-refractivity contribution < 1.29 is 9.67 Å². The van der Waals surface area contributed by atoms with Gasteiger partial charge in [-0.05, 0) is 44.7 Å². The molecule has 0 aliphatic carbocycles. The van der Waals surface area contributed by atoms with E-state index in [9.17, 15) is 9.36 Å². The van der Waals surface area contributed by atoms with Crippen molar-refractivity contribution in [2.24, 2.45) is 0 Å². The molecular formula is C12H14Br5N4O3P. The molecule has 0 radical (unpaired) electrons. The Morgan fingerprint density at radius 2 is 1.48 bits per heavy atom. The average Bonchev–Trinajstić information content (AvgIpc) is 2.47. The van der Waals surface area contributed by atoms with Crippen LogP contribution in [0.2, 0.25) is 0 Å². The SMILES string of the molecule is CCc1c(Br)ncnc1Br.CCc1c(O)nc[nH]c1=O.O=P(Br)(Br)Br. The Balaban J connectivity index is 0.000000368. The van der Waals surface area contributed by atoms with Crippen molar-refractivity contribution in [3.63, 3.8) is 0 Å². The first kappa shape index (κ1) is 25.4. The van der Waals surface area contributed by atoms with E-state index in [0.29, 0.717) is 12.0 Å². The van der Waals surface area contributed by atoms with Crippen LogP contribution in [0.15, 0.2) is 26.7 Å². The number of aromatic nitrogens is 4. The molecule has 2 heterocycles. The number of hydrogen-bond donors (Lipinski definition) is 2. The fourth-order valence-corrected chi connectivity index (χ4v) is 2.79. The fourth-order valence-electron chi connectivity index (χ4n) is 1.40. The van der Waals surface area contributed by atoms with Gasteiger partial charge in [0.25, 0.3) is 8.81 Å². The smallest absolute Gasteiger partial charge is 0.268 e. The molecule has 0 saturated heterocycles. The Hall–Kier alpha value is 0.390. The van der Waals surface area contributed by atoms with Gasteiger partial charge in [-0.2, -0.15) is 0 Å². The first-order valence-corrected chi connectivity index (χ1v) is 15.9. The lowest BCUT2D eigenvalue weighted by molar-refractivity contribution is 0.443. The quantitative estimate of drug-likeness (QED) is 0.301. The molecule has 13 heteroatoms. The number of nitrogens with zero attached hydrogens (tertiary/aromatic N) is 3. The van der Waals surface area contributed by atoms with Gasteiger partial charge in [-0.25, -0.2) is 15.0 Å². The van der Waals surface area contributed by atoms with Crippen molar-refractivity contribution in [1.82, 2.24) is 19.9 Å². The molecule has 0 amide bonds. The number of rotatable bonds is 2. The molecular weight excluding hydrogens is 679 g/mol. The van der Waals surface area contributed by atoms with E-state index < -0.39 is 3.25 Å². The molecule has 0 fully saturated rings. The maximum absolute atomic E-state index is 10.8. The van der Waals surface area contributed by atoms with Gasteiger partial charge in [-0.15, -0.1) is 0 Å². The Morgan fingerprint density at radius 3 is 1.76 bits per heavy atom. The molecule has 2 N–H and O–H groups in total. The molecule has 2 rings (SSSR count). The minimum absolute atomic E-state index is 0.175. The number of H-pyrrole nitrogens is 1. The van der Waals surface area contributed by atoms with E-state index in [1.165, 1.54) is 12.7 Å². The molecule has 0 bridgehead atoms. The van der Waals surface area contributed by atoms with E-state index in [1.807, 2.05) is 0 Å². The molecule has 0 aliphatic rings. The van der Waals surface area contributed by atoms with Gasteiger partial charge >= 0.3 is 0 Å². The van der Waals surface area contributed by atoms with Gasteiger partial charge < -0.3 is 10.1 Å². The van der Waals surface area contributed by atoms with E-state index in [4.69, 9.17) is 5.11 Å². The van der Waals surface area contributed by atoms with Crippen LogP contribution in [0.25, 0.3) is 0 Å². The van der Waals surface area contributed by atoms with Gasteiger partial charge in [0.05, 0.1) is 11.9 Å². The topological polar surface area (TPSA) is 109 Å². The van der Waals surface area contributed by atoms with Crippen LogP contribution in [0.3, 0.4) is 0 Å². The first-order chi connectivity index (χ1) is 11.5. The number of halogens is 5. The number of hydrogen-bond acceptors (Lipinski definition) is 6. The van der Waals surface area contributed by atoms with Crippen LogP contribution in [0, 0.1) is 0 Å². The fraction of sp³-hybridized carbons (Fsp3) is 0.333. The van der Waals surface area contributed by atoms with Crippen LogP contribution in [0.1, 0.15) is 25.0 Å². The van der Waals surface area contributed by atoms with Crippen molar-refractivity contribution in [1.29, 1.82) is 0 Å². The van der Waals surface area contributed by atoms with Crippen LogP contribution in [-0.2, 0) is 17.4 Å². The van der Waals surface area contributed by atoms with Gasteiger partial charge in [-0.1, -0.05) is 13.8 Å². The van der Waals surface area contributed by atoms with Crippen LogP contribution in [-0.4, -0.2) is 25.0 Å². The first-order valence-electron chi connectivity index (χ1n) is 6.60. The lowest BCUT2D eigenvalue weighted by Gasteiger charge is -1.99. The highest BCUT2D eigenvalue weighted by Crippen LogP contribution is 2.68. The summed E-state index contributed by atoms with van der Waals surface area (Å²) >= 11 is 14.9. The molecule has 2 aromatic heterocycles. The summed E-state index contributed by atoms with van der Waals surface area (Å²) in [4.78, 5) is 24.7. The average molecular weight is 693 g/mol. The summed E-state index contributed by atoms with van der Waals surface area (Å²) in [5.74, 6) is -0.175. The third-order valence-corrected chi connectivity index (χ3v) is 3.84. The molecule has 140 valence electrons. The highest BCUT2D eigenvalue weighted by Gasteiger charge is 2.03. The molecule has 0 spiro atoms. The number of aromatic hydroxyl groups is 1. The van der Waals surface area contributed by atoms with Crippen LogP contribution in [0.4, 0.5) is 0 Å². The zero-order valence-corrected chi connectivity index (χ0v) is 21.8. The molecule has 0 unspecified atom stereocenters. The van der Waals surface area contributed by atoms with Crippen LogP contribution in [0.5, 0.6) is 5.88 Å². The molecule has 0 aliphatic heterocycles. The second-order valence-electron chi connectivity index (χ2n) is 4.07. The summed E-state index contributed by atoms with van der Waals surface area (Å²) in [5, 5.41) is 8.96. The van der Waals surface area contributed by atoms with Gasteiger partial charge in [0.2, 0.25) is 5.88 Å². The Bertz CT molecular complexity index is 755. The Morgan fingerprint density at radius 1 is 1.04 bits per heavy atom. The third kappa shape index (κ3) is 11.7. The summed E-state index contributed by atoms with van der Waals surface area (Å²) in [6, 6.07) is 0. The predicted octanol–water partition coefficient (Wildman–Crippen LogP) is 5.88. The minimum Gasteiger partial charge on any atom is -0.493 e. The van der Waals surface area contributed by atoms with Crippen molar-refractivity contribution in [3.8, 4) is 5.88 Å². The molecule has 25 heavy (non-hydrogen) atoms. The summed E-state index contributed by atoms with van der Waals surface area (Å²) in [5.41, 5.74) is 1.18. The number of aromatic amines is 1. The van der Waals surface area contributed by atoms with Crippen LogP contribution < -0.4 is 5.56 Å². The maximum atomic E-state index is 10.8. The second kappa shape index (κ2) is 12.7. The van der Waals surface area contributed by atoms with E-state index in [2.05, 4.69) is 105 Å². The van der Waals surface area contributed by atoms with Gasteiger partial charge in [0, 0.05) is 52.0 Å². The van der Waals surface area contributed by atoms with E-state index >= 15 is 0 Å². The summed E-state index contributed by atoms with van der Waals surface area (Å²) in [6.45, 7) is 3.85.